The molecule has 0 saturated carbocycles. The van der Waals surface area contributed by atoms with Crippen molar-refractivity contribution in [3.8, 4) is 22.8 Å². The van der Waals surface area contributed by atoms with Gasteiger partial charge in [0.25, 0.3) is 0 Å². The van der Waals surface area contributed by atoms with Gasteiger partial charge in [0.2, 0.25) is 17.5 Å². The number of nitrogens with one attached hydrogen (secondary N) is 1. The first-order chi connectivity index (χ1) is 25.9. The lowest BCUT2D eigenvalue weighted by molar-refractivity contribution is -0.556. The Morgan fingerprint density at radius 2 is 1.58 bits per heavy atom. The Bertz CT molecular complexity index is 1870. The number of aromatic hydroxyl groups is 1. The maximum atomic E-state index is 15.1. The average Bonchev–Trinajstić information content (AvgIpc) is 3.47. The number of halogens is 1. The molecule has 10 nitrogen and oxygen atoms in total. The van der Waals surface area contributed by atoms with Crippen molar-refractivity contribution in [3.63, 3.8) is 0 Å². The van der Waals surface area contributed by atoms with Crippen LogP contribution in [0.5, 0.6) is 11.5 Å². The molecule has 1 unspecified atom stereocenters. The van der Waals surface area contributed by atoms with E-state index in [0.717, 1.165) is 66.3 Å². The number of aromatic nitrogens is 2. The SMILES string of the molecule is NCCOCCOCCC(=O)NCCCCCCCCOc1ccc(CC2C=c3c(Cc4ccccc4)nc(-c4ccc(O)cc4)c[n+]3=C2O)cc1F. The molecule has 0 aliphatic carbocycles. The van der Waals surface area contributed by atoms with E-state index in [2.05, 4.69) is 5.32 Å². The smallest absolute Gasteiger partial charge is 0.353 e. The topological polar surface area (TPSA) is 142 Å². The van der Waals surface area contributed by atoms with Gasteiger partial charge in [-0.1, -0.05) is 62.1 Å². The van der Waals surface area contributed by atoms with Crippen LogP contribution in [-0.4, -0.2) is 67.2 Å². The van der Waals surface area contributed by atoms with Crippen LogP contribution < -0.4 is 25.4 Å². The van der Waals surface area contributed by atoms with E-state index in [9.17, 15) is 15.0 Å². The van der Waals surface area contributed by atoms with Crippen molar-refractivity contribution in [1.29, 1.82) is 0 Å². The van der Waals surface area contributed by atoms with E-state index < -0.39 is 5.82 Å². The minimum Gasteiger partial charge on any atom is -0.508 e. The summed E-state index contributed by atoms with van der Waals surface area (Å²) >= 11 is 0. The normalized spacial score (nSPS) is 13.5. The molecule has 4 aromatic rings. The molecule has 1 aliphatic rings. The maximum Gasteiger partial charge on any atom is 0.353 e. The zero-order valence-corrected chi connectivity index (χ0v) is 30.4. The highest BCUT2D eigenvalue weighted by Crippen LogP contribution is 2.24. The van der Waals surface area contributed by atoms with E-state index in [1.54, 1.807) is 34.6 Å². The predicted octanol–water partition coefficient (Wildman–Crippen LogP) is 5.24. The van der Waals surface area contributed by atoms with E-state index >= 15 is 4.39 Å². The molecule has 53 heavy (non-hydrogen) atoms. The highest BCUT2D eigenvalue weighted by molar-refractivity contribution is 5.75. The van der Waals surface area contributed by atoms with Crippen LogP contribution in [0.3, 0.4) is 0 Å². The van der Waals surface area contributed by atoms with E-state index in [0.29, 0.717) is 71.1 Å². The van der Waals surface area contributed by atoms with Gasteiger partial charge in [0.1, 0.15) is 23.1 Å². The lowest BCUT2D eigenvalue weighted by Crippen LogP contribution is -2.41. The number of nitrogens with two attached hydrogens (primary N) is 1. The number of benzene rings is 3. The molecule has 3 aromatic carbocycles. The fourth-order valence-corrected chi connectivity index (χ4v) is 6.26. The third-order valence-corrected chi connectivity index (χ3v) is 9.09. The number of ether oxygens (including phenoxy) is 3. The summed E-state index contributed by atoms with van der Waals surface area (Å²) in [4.78, 5) is 16.9. The van der Waals surface area contributed by atoms with Crippen LogP contribution >= 0.6 is 0 Å². The summed E-state index contributed by atoms with van der Waals surface area (Å²) in [6.07, 6.45) is 11.0. The number of hydrogen-bond donors (Lipinski definition) is 4. The summed E-state index contributed by atoms with van der Waals surface area (Å²) in [5.74, 6) is -0.234. The standard InChI is InChI=1S/C42H51FN4O6/c43-36-27-32(12-17-40(36)53-21-9-4-2-1-3-8-20-45-41(49)18-22-51-24-25-52-23-19-44)26-34-29-39-37(28-31-10-6-5-7-11-31)46-38(30-47(39)42(34)50)33-13-15-35(48)16-14-33/h5-7,10-17,27,29-30,34H,1-4,8-9,18-26,28,44H2,(H2,45,48,49)/p+1. The van der Waals surface area contributed by atoms with Gasteiger partial charge in [-0.2, -0.15) is 0 Å². The number of carbonyl (C=O) groups is 1. The van der Waals surface area contributed by atoms with Crippen molar-refractivity contribution in [2.24, 2.45) is 11.7 Å². The second-order valence-corrected chi connectivity index (χ2v) is 13.2. The first-order valence-electron chi connectivity index (χ1n) is 18.6. The summed E-state index contributed by atoms with van der Waals surface area (Å²) in [6.45, 7) is 3.42. The van der Waals surface area contributed by atoms with Gasteiger partial charge in [0.05, 0.1) is 33.0 Å². The average molecular weight is 728 g/mol. The lowest BCUT2D eigenvalue weighted by atomic mass is 9.99. The lowest BCUT2D eigenvalue weighted by Gasteiger charge is -2.10. The Hall–Kier alpha value is -4.84. The monoisotopic (exact) mass is 727 g/mol. The van der Waals surface area contributed by atoms with Gasteiger partial charge in [0, 0.05) is 37.6 Å². The predicted molar refractivity (Wildman–Crippen MR) is 201 cm³/mol. The number of carbonyl (C=O) groups excluding carboxylic acids is 1. The Morgan fingerprint density at radius 1 is 0.849 bits per heavy atom. The molecule has 1 aromatic heterocycles. The van der Waals surface area contributed by atoms with Gasteiger partial charge in [0.15, 0.2) is 11.6 Å². The summed E-state index contributed by atoms with van der Waals surface area (Å²) in [5, 5.41) is 24.9. The van der Waals surface area contributed by atoms with Crippen LogP contribution in [0.2, 0.25) is 0 Å². The molecule has 5 N–H and O–H groups in total. The van der Waals surface area contributed by atoms with E-state index in [1.807, 2.05) is 48.7 Å². The van der Waals surface area contributed by atoms with Crippen molar-refractivity contribution < 1.29 is 37.9 Å². The quantitative estimate of drug-likeness (QED) is 0.0601. The van der Waals surface area contributed by atoms with Gasteiger partial charge < -0.3 is 35.5 Å². The molecule has 0 saturated heterocycles. The number of fused-ring (bicyclic) bond motifs is 1. The van der Waals surface area contributed by atoms with Gasteiger partial charge >= 0.3 is 5.90 Å². The third-order valence-electron chi connectivity index (χ3n) is 9.09. The van der Waals surface area contributed by atoms with Gasteiger partial charge in [-0.15, -0.1) is 4.24 Å². The highest BCUT2D eigenvalue weighted by atomic mass is 19.1. The fraction of sp³-hybridized carbons (Fsp3) is 0.405. The van der Waals surface area contributed by atoms with Crippen molar-refractivity contribution >= 4 is 12.0 Å². The molecule has 0 bridgehead atoms. The number of phenolic OH excluding ortho intramolecular Hbond substituents is 1. The van der Waals surface area contributed by atoms with E-state index in [1.165, 1.54) is 6.07 Å². The third kappa shape index (κ3) is 12.4. The molecule has 11 heteroatoms. The number of aliphatic hydroxyl groups excluding tert-OH is 1. The number of aliphatic hydroxyl groups is 1. The molecule has 1 amide bonds. The van der Waals surface area contributed by atoms with E-state index in [4.69, 9.17) is 24.9 Å². The number of hydrogen-bond acceptors (Lipinski definition) is 8. The number of rotatable bonds is 23. The van der Waals surface area contributed by atoms with Crippen molar-refractivity contribution in [1.82, 2.24) is 10.3 Å². The second kappa shape index (κ2) is 21.0. The Labute approximate surface area is 310 Å². The van der Waals surface area contributed by atoms with Crippen molar-refractivity contribution in [3.05, 3.63) is 113 Å². The molecule has 1 aliphatic heterocycles. The molecule has 1 atom stereocenters. The van der Waals surface area contributed by atoms with Gasteiger partial charge in [-0.05, 0) is 66.8 Å². The van der Waals surface area contributed by atoms with Crippen LogP contribution in [0.4, 0.5) is 4.39 Å². The minimum atomic E-state index is -0.420. The van der Waals surface area contributed by atoms with Crippen molar-refractivity contribution in [2.75, 3.05) is 46.1 Å². The number of nitrogens with zero attached hydrogens (tertiary/aromatic N) is 2. The van der Waals surface area contributed by atoms with Gasteiger partial charge in [-0.3, -0.25) is 4.79 Å². The molecule has 0 fully saturated rings. The van der Waals surface area contributed by atoms with Crippen LogP contribution in [0.15, 0.2) is 79.0 Å². The zero-order chi connectivity index (χ0) is 37.3. The second-order valence-electron chi connectivity index (χ2n) is 13.2. The van der Waals surface area contributed by atoms with Gasteiger partial charge in [-0.25, -0.2) is 9.37 Å². The summed E-state index contributed by atoms with van der Waals surface area (Å²) in [5.41, 5.74) is 9.51. The molecular weight excluding hydrogens is 675 g/mol. The molecule has 0 radical (unpaired) electrons. The first kappa shape index (κ1) is 39.4. The fourth-order valence-electron chi connectivity index (χ4n) is 6.26. The van der Waals surface area contributed by atoms with Crippen LogP contribution in [-0.2, 0) is 27.1 Å². The van der Waals surface area contributed by atoms with E-state index in [-0.39, 0.29) is 29.2 Å². The summed E-state index contributed by atoms with van der Waals surface area (Å²) in [6, 6.07) is 21.9. The molecule has 0 spiro atoms. The number of unbranched alkanes of at least 4 members (excludes halogenated alkanes) is 5. The summed E-state index contributed by atoms with van der Waals surface area (Å²) < 4.78 is 33.3. The first-order valence-corrected chi connectivity index (χ1v) is 18.6. The molecule has 282 valence electrons. The Balaban J connectivity index is 1.04. The number of phenols is 1. The Morgan fingerprint density at radius 3 is 2.34 bits per heavy atom. The zero-order valence-electron chi connectivity index (χ0n) is 30.4. The van der Waals surface area contributed by atoms with Crippen LogP contribution in [0, 0.1) is 17.6 Å². The minimum absolute atomic E-state index is 0.00447. The molecule has 5 rings (SSSR count). The largest absolute Gasteiger partial charge is 0.508 e. The van der Waals surface area contributed by atoms with Crippen LogP contribution in [0.1, 0.15) is 61.8 Å². The summed E-state index contributed by atoms with van der Waals surface area (Å²) in [7, 11) is 0. The maximum absolute atomic E-state index is 15.1. The van der Waals surface area contributed by atoms with Crippen molar-refractivity contribution in [2.45, 2.75) is 57.8 Å². The number of amides is 1. The molecule has 2 heterocycles. The Kier molecular flexibility index (Phi) is 15.6. The highest BCUT2D eigenvalue weighted by Gasteiger charge is 2.30. The molecular formula is C42H52FN4O6+. The van der Waals surface area contributed by atoms with Crippen LogP contribution in [0.25, 0.3) is 17.3 Å².